The smallest absolute Gasteiger partial charge is 0.258 e. The minimum Gasteiger partial charge on any atom is -0.487 e. The van der Waals surface area contributed by atoms with E-state index in [2.05, 4.69) is 35.5 Å². The number of rotatable bonds is 1. The lowest BCUT2D eigenvalue weighted by atomic mass is 10.2. The number of benzene rings is 1. The zero-order valence-electron chi connectivity index (χ0n) is 8.80. The Morgan fingerprint density at radius 3 is 1.88 bits per heavy atom. The first-order valence-corrected chi connectivity index (χ1v) is 4.78. The lowest BCUT2D eigenvalue weighted by Crippen LogP contribution is -2.06. The number of anilines is 1. The second-order valence-electron chi connectivity index (χ2n) is 2.63. The summed E-state index contributed by atoms with van der Waals surface area (Å²) in [5.74, 6) is 0. The average Bonchev–Trinajstić information content (AvgIpc) is 2.07. The van der Waals surface area contributed by atoms with Gasteiger partial charge in [0.25, 0.3) is 10.3 Å². The van der Waals surface area contributed by atoms with Crippen LogP contribution < -0.4 is 17.2 Å². The predicted octanol–water partition coefficient (Wildman–Crippen LogP) is 2.20. The first-order valence-electron chi connectivity index (χ1n) is 3.97. The van der Waals surface area contributed by atoms with Gasteiger partial charge in [0, 0.05) is 5.69 Å². The molecular weight excluding hydrogens is 246 g/mol. The van der Waals surface area contributed by atoms with Crippen LogP contribution in [0.3, 0.4) is 0 Å². The molecule has 0 saturated carbocycles. The molecule has 0 amide bonds. The van der Waals surface area contributed by atoms with E-state index in [-0.39, 0.29) is 11.3 Å². The summed E-state index contributed by atoms with van der Waals surface area (Å²) in [6, 6.07) is 7.61. The van der Waals surface area contributed by atoms with Crippen LogP contribution in [0.25, 0.3) is 0 Å². The maximum Gasteiger partial charge on any atom is 0.258 e. The minimum atomic E-state index is -0.500. The van der Waals surface area contributed by atoms with E-state index >= 15 is 0 Å². The van der Waals surface area contributed by atoms with Gasteiger partial charge in [-0.05, 0) is 43.5 Å². The first-order chi connectivity index (χ1) is 6.91. The van der Waals surface area contributed by atoms with Gasteiger partial charge in [-0.3, -0.25) is 0 Å². The van der Waals surface area contributed by atoms with E-state index in [0.29, 0.717) is 0 Å². The molecule has 0 aliphatic heterocycles. The molecule has 16 heavy (non-hydrogen) atoms. The van der Waals surface area contributed by atoms with Crippen molar-refractivity contribution in [2.45, 2.75) is 6.92 Å². The van der Waals surface area contributed by atoms with Gasteiger partial charge in [0.05, 0.1) is 0 Å². The average molecular weight is 261 g/mol. The molecule has 0 heterocycles. The highest BCUT2D eigenvalue weighted by Gasteiger charge is 1.91. The lowest BCUT2D eigenvalue weighted by molar-refractivity contribution is 0.560. The van der Waals surface area contributed by atoms with Gasteiger partial charge in [-0.1, -0.05) is 17.7 Å². The summed E-state index contributed by atoms with van der Waals surface area (Å²) in [7, 11) is 0. The van der Waals surface area contributed by atoms with Crippen LogP contribution in [0.2, 0.25) is 0 Å². The summed E-state index contributed by atoms with van der Waals surface area (Å²) in [6.45, 7) is 2.00. The summed E-state index contributed by atoms with van der Waals surface area (Å²) in [5.41, 5.74) is 6.39. The molecule has 0 fully saturated rings. The quantitative estimate of drug-likeness (QED) is 0.492. The second-order valence-corrected chi connectivity index (χ2v) is 3.44. The van der Waals surface area contributed by atoms with Crippen LogP contribution in [0.4, 0.5) is 5.69 Å². The van der Waals surface area contributed by atoms with Crippen molar-refractivity contribution in [3.05, 3.63) is 29.8 Å². The van der Waals surface area contributed by atoms with Gasteiger partial charge in [0.2, 0.25) is 0 Å². The predicted molar refractivity (Wildman–Crippen MR) is 74.5 cm³/mol. The lowest BCUT2D eigenvalue weighted by Gasteiger charge is -2.01. The van der Waals surface area contributed by atoms with E-state index < -0.39 is 5.17 Å². The second kappa shape index (κ2) is 8.84. The van der Waals surface area contributed by atoms with E-state index in [0.717, 1.165) is 5.69 Å². The van der Waals surface area contributed by atoms with E-state index in [1.165, 1.54) is 5.56 Å². The van der Waals surface area contributed by atoms with Crippen molar-refractivity contribution < 1.29 is 10.2 Å². The van der Waals surface area contributed by atoms with Crippen molar-refractivity contribution in [3.63, 3.8) is 0 Å². The van der Waals surface area contributed by atoms with Gasteiger partial charge < -0.3 is 27.4 Å². The number of hydrogen-bond acceptors (Lipinski definition) is 3. The van der Waals surface area contributed by atoms with E-state index in [1.54, 1.807) is 0 Å². The van der Waals surface area contributed by atoms with E-state index in [1.807, 2.05) is 31.2 Å². The Balaban J connectivity index is 0. The van der Waals surface area contributed by atoms with Crippen molar-refractivity contribution in [1.29, 1.82) is 0 Å². The zero-order valence-corrected chi connectivity index (χ0v) is 10.4. The molecule has 0 spiro atoms. The molecule has 0 bridgehead atoms. The fourth-order valence-corrected chi connectivity index (χ4v) is 0.878. The molecule has 1 aromatic carbocycles. The van der Waals surface area contributed by atoms with E-state index in [9.17, 15) is 0 Å². The number of hydrogen-bond donors (Lipinski definition) is 5. The standard InChI is InChI=1S/C8H9NOS.CH3NOS.H3N/c1-6-2-4-7(5-3-6)9-8(10)11;2-1(3)4;/h2-5H,1H3,(H2,9,10,11);(H3,2,3,4);1H3. The SMILES string of the molecule is Cc1ccc(NC(O)=S)cc1.N.NC(O)=S. The van der Waals surface area contributed by atoms with Crippen LogP contribution in [0.5, 0.6) is 0 Å². The number of thiocarbonyl (C=S) groups is 2. The Labute approximate surface area is 105 Å². The number of aliphatic hydroxyl groups excluding tert-OH is 2. The van der Waals surface area contributed by atoms with Crippen LogP contribution in [0.1, 0.15) is 5.56 Å². The van der Waals surface area contributed by atoms with Crippen LogP contribution >= 0.6 is 24.4 Å². The summed E-state index contributed by atoms with van der Waals surface area (Å²) in [5, 5.41) is 18.2. The van der Waals surface area contributed by atoms with Crippen molar-refractivity contribution >= 4 is 40.5 Å². The Morgan fingerprint density at radius 2 is 1.56 bits per heavy atom. The molecule has 0 atom stereocenters. The van der Waals surface area contributed by atoms with Crippen molar-refractivity contribution in [2.24, 2.45) is 5.73 Å². The van der Waals surface area contributed by atoms with Gasteiger partial charge in [-0.15, -0.1) is 0 Å². The Hall–Kier alpha value is -1.44. The molecule has 0 radical (unpaired) electrons. The van der Waals surface area contributed by atoms with Gasteiger partial charge in [0.1, 0.15) is 0 Å². The van der Waals surface area contributed by atoms with Crippen LogP contribution in [0, 0.1) is 6.92 Å². The van der Waals surface area contributed by atoms with Crippen molar-refractivity contribution in [3.8, 4) is 0 Å². The van der Waals surface area contributed by atoms with Crippen LogP contribution in [-0.2, 0) is 0 Å². The normalized spacial score (nSPS) is 7.81. The number of nitrogens with two attached hydrogens (primary N) is 1. The maximum atomic E-state index is 8.70. The highest BCUT2D eigenvalue weighted by atomic mass is 32.1. The number of aliphatic hydroxyl groups is 2. The Kier molecular flexibility index (Phi) is 9.37. The Morgan fingerprint density at radius 1 is 1.19 bits per heavy atom. The third kappa shape index (κ3) is 10.6. The molecule has 0 aliphatic carbocycles. The van der Waals surface area contributed by atoms with Gasteiger partial charge >= 0.3 is 0 Å². The number of aryl methyl sites for hydroxylation is 1. The summed E-state index contributed by atoms with van der Waals surface area (Å²) >= 11 is 8.33. The molecule has 90 valence electrons. The topological polar surface area (TPSA) is 114 Å². The van der Waals surface area contributed by atoms with Crippen LogP contribution in [-0.4, -0.2) is 20.6 Å². The summed E-state index contributed by atoms with van der Waals surface area (Å²) in [6.07, 6.45) is 0. The third-order valence-corrected chi connectivity index (χ3v) is 1.40. The monoisotopic (exact) mass is 261 g/mol. The summed E-state index contributed by atoms with van der Waals surface area (Å²) in [4.78, 5) is 0. The third-order valence-electron chi connectivity index (χ3n) is 1.30. The molecule has 7 heteroatoms. The molecule has 0 saturated heterocycles. The minimum absolute atomic E-state index is 0. The van der Waals surface area contributed by atoms with Crippen molar-refractivity contribution in [1.82, 2.24) is 6.15 Å². The fraction of sp³-hybridized carbons (Fsp3) is 0.111. The molecule has 0 unspecified atom stereocenters. The molecule has 8 N–H and O–H groups in total. The fourth-order valence-electron chi connectivity index (χ4n) is 0.760. The van der Waals surface area contributed by atoms with Gasteiger partial charge in [-0.25, -0.2) is 0 Å². The highest BCUT2D eigenvalue weighted by Crippen LogP contribution is 2.07. The molecule has 1 aromatic rings. The molecule has 0 aromatic heterocycles. The largest absolute Gasteiger partial charge is 0.487 e. The molecule has 0 aliphatic rings. The highest BCUT2D eigenvalue weighted by molar-refractivity contribution is 7.80. The zero-order chi connectivity index (χ0) is 11.8. The van der Waals surface area contributed by atoms with Crippen LogP contribution in [0.15, 0.2) is 24.3 Å². The van der Waals surface area contributed by atoms with Gasteiger partial charge in [0.15, 0.2) is 0 Å². The molecular formula is C9H15N3O2S2. The maximum absolute atomic E-state index is 8.70. The number of nitrogens with one attached hydrogen (secondary N) is 1. The first kappa shape index (κ1) is 17.0. The van der Waals surface area contributed by atoms with Gasteiger partial charge in [-0.2, -0.15) is 0 Å². The summed E-state index contributed by atoms with van der Waals surface area (Å²) < 4.78 is 0. The Bertz CT molecular complexity index is 337. The van der Waals surface area contributed by atoms with E-state index in [4.69, 9.17) is 10.2 Å². The van der Waals surface area contributed by atoms with Crippen molar-refractivity contribution in [2.75, 3.05) is 5.32 Å². The molecule has 5 nitrogen and oxygen atoms in total. The molecule has 1 rings (SSSR count).